The number of nitro groups is 1. The first kappa shape index (κ1) is 11.0. The van der Waals surface area contributed by atoms with E-state index in [1.807, 2.05) is 0 Å². The van der Waals surface area contributed by atoms with E-state index in [2.05, 4.69) is 0 Å². The average molecular weight is 210 g/mol. The molecular formula is C9H10N2O4. The lowest BCUT2D eigenvalue weighted by atomic mass is 10.2. The molecule has 0 atom stereocenters. The van der Waals surface area contributed by atoms with Gasteiger partial charge in [0.1, 0.15) is 0 Å². The molecule has 80 valence electrons. The van der Waals surface area contributed by atoms with Crippen LogP contribution in [0.3, 0.4) is 0 Å². The third-order valence-electron chi connectivity index (χ3n) is 2.05. The Kier molecular flexibility index (Phi) is 2.89. The fraction of sp³-hybridized carbons (Fsp3) is 0.222. The summed E-state index contributed by atoms with van der Waals surface area (Å²) in [5, 5.41) is 19.2. The molecule has 6 nitrogen and oxygen atoms in total. The monoisotopic (exact) mass is 210 g/mol. The van der Waals surface area contributed by atoms with Gasteiger partial charge in [0.2, 0.25) is 0 Å². The zero-order chi connectivity index (χ0) is 11.6. The van der Waals surface area contributed by atoms with Crippen LogP contribution in [-0.2, 0) is 0 Å². The summed E-state index contributed by atoms with van der Waals surface area (Å²) in [4.78, 5) is 21.6. The van der Waals surface area contributed by atoms with E-state index < -0.39 is 11.0 Å². The normalized spacial score (nSPS) is 9.73. The van der Waals surface area contributed by atoms with Crippen molar-refractivity contribution in [1.29, 1.82) is 0 Å². The lowest BCUT2D eigenvalue weighted by Gasteiger charge is -2.13. The molecule has 0 radical (unpaired) electrons. The summed E-state index contributed by atoms with van der Waals surface area (Å²) in [7, 11) is 1.38. The number of anilines is 1. The summed E-state index contributed by atoms with van der Waals surface area (Å²) < 4.78 is 0. The molecule has 0 heterocycles. The lowest BCUT2D eigenvalue weighted by molar-refractivity contribution is -0.385. The second-order valence-corrected chi connectivity index (χ2v) is 3.07. The highest BCUT2D eigenvalue weighted by Gasteiger charge is 2.14. The van der Waals surface area contributed by atoms with E-state index in [0.717, 1.165) is 4.90 Å². The highest BCUT2D eigenvalue weighted by Crippen LogP contribution is 2.23. The van der Waals surface area contributed by atoms with Crippen molar-refractivity contribution in [2.24, 2.45) is 0 Å². The Bertz CT molecular complexity index is 417. The number of carboxylic acid groups (broad SMARTS) is 1. The van der Waals surface area contributed by atoms with E-state index in [1.165, 1.54) is 25.2 Å². The number of nitro benzene ring substituents is 1. The Morgan fingerprint density at radius 3 is 2.53 bits per heavy atom. The maximum Gasteiger partial charge on any atom is 0.411 e. The van der Waals surface area contributed by atoms with Crippen LogP contribution < -0.4 is 4.90 Å². The number of nitrogens with zero attached hydrogens (tertiary/aromatic N) is 2. The molecule has 1 amide bonds. The molecule has 1 aromatic rings. The summed E-state index contributed by atoms with van der Waals surface area (Å²) in [6.07, 6.45) is -1.11. The number of rotatable bonds is 2. The van der Waals surface area contributed by atoms with Crippen molar-refractivity contribution in [2.75, 3.05) is 11.9 Å². The molecule has 0 spiro atoms. The Morgan fingerprint density at radius 1 is 1.53 bits per heavy atom. The van der Waals surface area contributed by atoms with Crippen LogP contribution in [0.2, 0.25) is 0 Å². The lowest BCUT2D eigenvalue weighted by Crippen LogP contribution is -2.23. The van der Waals surface area contributed by atoms with E-state index in [4.69, 9.17) is 5.11 Å². The van der Waals surface area contributed by atoms with Crippen LogP contribution in [0.15, 0.2) is 18.2 Å². The van der Waals surface area contributed by atoms with E-state index in [9.17, 15) is 14.9 Å². The van der Waals surface area contributed by atoms with Crippen LogP contribution in [-0.4, -0.2) is 23.2 Å². The number of aryl methyl sites for hydroxylation is 1. The van der Waals surface area contributed by atoms with Crippen molar-refractivity contribution in [1.82, 2.24) is 0 Å². The van der Waals surface area contributed by atoms with E-state index >= 15 is 0 Å². The van der Waals surface area contributed by atoms with Crippen LogP contribution in [0.1, 0.15) is 5.56 Å². The number of amides is 1. The summed E-state index contributed by atoms with van der Waals surface area (Å²) in [5.41, 5.74) is 0.828. The van der Waals surface area contributed by atoms with Gasteiger partial charge in [-0.15, -0.1) is 0 Å². The first-order chi connectivity index (χ1) is 6.93. The number of benzene rings is 1. The maximum atomic E-state index is 10.6. The molecule has 0 aromatic heterocycles. The van der Waals surface area contributed by atoms with Crippen molar-refractivity contribution in [2.45, 2.75) is 6.92 Å². The molecule has 0 aliphatic carbocycles. The molecule has 0 unspecified atom stereocenters. The van der Waals surface area contributed by atoms with Gasteiger partial charge in [-0.1, -0.05) is 0 Å². The summed E-state index contributed by atoms with van der Waals surface area (Å²) >= 11 is 0. The van der Waals surface area contributed by atoms with Gasteiger partial charge in [0, 0.05) is 24.4 Å². The predicted molar refractivity (Wildman–Crippen MR) is 54.3 cm³/mol. The van der Waals surface area contributed by atoms with Gasteiger partial charge in [0.25, 0.3) is 5.69 Å². The third kappa shape index (κ3) is 2.22. The molecule has 0 aliphatic heterocycles. The van der Waals surface area contributed by atoms with Crippen molar-refractivity contribution < 1.29 is 14.8 Å². The second kappa shape index (κ2) is 3.95. The molecule has 0 saturated heterocycles. The Hall–Kier alpha value is -2.11. The van der Waals surface area contributed by atoms with Gasteiger partial charge in [-0.05, 0) is 19.1 Å². The predicted octanol–water partition coefficient (Wildman–Crippen LogP) is 2.02. The Labute approximate surface area is 85.9 Å². The molecule has 15 heavy (non-hydrogen) atoms. The van der Waals surface area contributed by atoms with Crippen molar-refractivity contribution in [3.8, 4) is 0 Å². The van der Waals surface area contributed by atoms with Gasteiger partial charge < -0.3 is 5.11 Å². The molecule has 0 saturated carbocycles. The van der Waals surface area contributed by atoms with Gasteiger partial charge in [0.05, 0.1) is 4.92 Å². The van der Waals surface area contributed by atoms with Crippen LogP contribution in [0.5, 0.6) is 0 Å². The molecule has 0 aliphatic rings. The molecule has 1 N–H and O–H groups in total. The molecule has 0 fully saturated rings. The average Bonchev–Trinajstić information content (AvgIpc) is 2.15. The smallest absolute Gasteiger partial charge is 0.411 e. The maximum absolute atomic E-state index is 10.6. The second-order valence-electron chi connectivity index (χ2n) is 3.07. The molecule has 0 bridgehead atoms. The SMILES string of the molecule is Cc1cc(N(C)C(=O)O)ccc1[N+](=O)[O-]. The summed E-state index contributed by atoms with van der Waals surface area (Å²) in [6.45, 7) is 1.57. The van der Waals surface area contributed by atoms with E-state index in [0.29, 0.717) is 11.3 Å². The Balaban J connectivity index is 3.12. The van der Waals surface area contributed by atoms with Gasteiger partial charge in [-0.2, -0.15) is 0 Å². The van der Waals surface area contributed by atoms with Crippen LogP contribution in [0.25, 0.3) is 0 Å². The third-order valence-corrected chi connectivity index (χ3v) is 2.05. The number of hydrogen-bond donors (Lipinski definition) is 1. The fourth-order valence-corrected chi connectivity index (χ4v) is 1.16. The topological polar surface area (TPSA) is 83.7 Å². The first-order valence-electron chi connectivity index (χ1n) is 4.15. The van der Waals surface area contributed by atoms with Crippen molar-refractivity contribution >= 4 is 17.5 Å². The molecule has 6 heteroatoms. The molecular weight excluding hydrogens is 200 g/mol. The molecule has 1 rings (SSSR count). The zero-order valence-corrected chi connectivity index (χ0v) is 8.30. The van der Waals surface area contributed by atoms with Gasteiger partial charge in [-0.25, -0.2) is 4.79 Å². The quantitative estimate of drug-likeness (QED) is 0.597. The highest BCUT2D eigenvalue weighted by atomic mass is 16.6. The van der Waals surface area contributed by atoms with Gasteiger partial charge in [0.15, 0.2) is 0 Å². The zero-order valence-electron chi connectivity index (χ0n) is 8.30. The minimum Gasteiger partial charge on any atom is -0.465 e. The minimum absolute atomic E-state index is 0.0162. The summed E-state index contributed by atoms with van der Waals surface area (Å²) in [5.74, 6) is 0. The van der Waals surface area contributed by atoms with Crippen molar-refractivity contribution in [3.63, 3.8) is 0 Å². The van der Waals surface area contributed by atoms with Crippen LogP contribution in [0.4, 0.5) is 16.2 Å². The van der Waals surface area contributed by atoms with Crippen LogP contribution in [0, 0.1) is 17.0 Å². The van der Waals surface area contributed by atoms with Crippen molar-refractivity contribution in [3.05, 3.63) is 33.9 Å². The van der Waals surface area contributed by atoms with E-state index in [-0.39, 0.29) is 5.69 Å². The van der Waals surface area contributed by atoms with Gasteiger partial charge in [-0.3, -0.25) is 15.0 Å². The first-order valence-corrected chi connectivity index (χ1v) is 4.15. The standard InChI is InChI=1S/C9H10N2O4/c1-6-5-7(10(2)9(12)13)3-4-8(6)11(14)15/h3-5H,1-2H3,(H,12,13). The number of carbonyl (C=O) groups is 1. The Morgan fingerprint density at radius 2 is 2.13 bits per heavy atom. The molecule has 1 aromatic carbocycles. The highest BCUT2D eigenvalue weighted by molar-refractivity contribution is 5.85. The van der Waals surface area contributed by atoms with Crippen LogP contribution >= 0.6 is 0 Å². The van der Waals surface area contributed by atoms with Gasteiger partial charge >= 0.3 is 6.09 Å². The number of hydrogen-bond acceptors (Lipinski definition) is 3. The van der Waals surface area contributed by atoms with E-state index in [1.54, 1.807) is 6.92 Å². The largest absolute Gasteiger partial charge is 0.465 e. The fourth-order valence-electron chi connectivity index (χ4n) is 1.16. The summed E-state index contributed by atoms with van der Waals surface area (Å²) in [6, 6.07) is 4.16. The minimum atomic E-state index is -1.11.